The Bertz CT molecular complexity index is 1320. The van der Waals surface area contributed by atoms with Crippen LogP contribution in [0.25, 0.3) is 0 Å². The summed E-state index contributed by atoms with van der Waals surface area (Å²) < 4.78 is 16.8. The van der Waals surface area contributed by atoms with E-state index in [0.717, 1.165) is 89.9 Å². The molecule has 0 rings (SSSR count). The minimum atomic E-state index is -0.812. The second-order valence-corrected chi connectivity index (χ2v) is 18.8. The third-order valence-electron chi connectivity index (χ3n) is 12.1. The van der Waals surface area contributed by atoms with Crippen LogP contribution >= 0.6 is 0 Å². The molecule has 0 amide bonds. The van der Waals surface area contributed by atoms with E-state index in [2.05, 4.69) is 106 Å². The van der Waals surface area contributed by atoms with Crippen LogP contribution in [0.4, 0.5) is 0 Å². The van der Waals surface area contributed by atoms with Gasteiger partial charge in [-0.05, 0) is 109 Å². The molecule has 0 unspecified atom stereocenters. The molecule has 0 aliphatic carbocycles. The molecule has 6 nitrogen and oxygen atoms in total. The summed E-state index contributed by atoms with van der Waals surface area (Å²) in [6.45, 7) is 6.52. The van der Waals surface area contributed by atoms with Gasteiger partial charge in [0, 0.05) is 19.3 Å². The van der Waals surface area contributed by atoms with Gasteiger partial charge >= 0.3 is 17.9 Å². The lowest BCUT2D eigenvalue weighted by Crippen LogP contribution is -2.30. The van der Waals surface area contributed by atoms with Gasteiger partial charge in [-0.2, -0.15) is 0 Å². The number of rotatable bonds is 51. The smallest absolute Gasteiger partial charge is 0.306 e. The molecule has 0 aromatic heterocycles. The fourth-order valence-corrected chi connectivity index (χ4v) is 7.74. The maximum atomic E-state index is 12.8. The van der Waals surface area contributed by atoms with Gasteiger partial charge in [0.05, 0.1) is 0 Å². The fraction of sp³-hybridized carbons (Fsp3) is 0.726. The molecule has 0 spiro atoms. The number of hydrogen-bond acceptors (Lipinski definition) is 6. The average molecular weight is 948 g/mol. The van der Waals surface area contributed by atoms with Gasteiger partial charge in [0.25, 0.3) is 0 Å². The molecule has 0 aliphatic heterocycles. The highest BCUT2D eigenvalue weighted by atomic mass is 16.6. The van der Waals surface area contributed by atoms with Gasteiger partial charge in [-0.1, -0.05) is 228 Å². The van der Waals surface area contributed by atoms with Crippen LogP contribution in [0, 0.1) is 0 Å². The molecule has 0 bridgehead atoms. The van der Waals surface area contributed by atoms with Crippen molar-refractivity contribution in [1.29, 1.82) is 0 Å². The molecule has 0 aliphatic rings. The lowest BCUT2D eigenvalue weighted by molar-refractivity contribution is -0.167. The zero-order valence-corrected chi connectivity index (χ0v) is 44.6. The van der Waals surface area contributed by atoms with Gasteiger partial charge in [0.2, 0.25) is 0 Å². The Kier molecular flexibility index (Phi) is 53.4. The Morgan fingerprint density at radius 2 is 0.559 bits per heavy atom. The predicted octanol–water partition coefficient (Wildman–Crippen LogP) is 19.2. The van der Waals surface area contributed by atoms with Crippen LogP contribution in [0.5, 0.6) is 0 Å². The molecule has 0 aromatic carbocycles. The molecule has 390 valence electrons. The van der Waals surface area contributed by atoms with Crippen LogP contribution in [0.2, 0.25) is 0 Å². The molecular weight excluding hydrogens is 841 g/mol. The molecule has 6 heteroatoms. The number of carbonyl (C=O) groups is 3. The van der Waals surface area contributed by atoms with Crippen LogP contribution in [-0.4, -0.2) is 37.2 Å². The Labute approximate surface area is 420 Å². The SMILES string of the molecule is CCCC/C=C/C/C=C/CCCCCCCC(=O)OC[C@H](COC(=O)CCCCCCCCCCC/C=C/CCCCCCCC)OC(=O)CCC/C=C/C/C=C/C/C=C/C/C=C/CCCCC. The third kappa shape index (κ3) is 53.5. The summed E-state index contributed by atoms with van der Waals surface area (Å²) in [6.07, 6.45) is 72.9. The Hall–Kier alpha value is -3.41. The van der Waals surface area contributed by atoms with E-state index in [1.54, 1.807) is 0 Å². The first-order valence-electron chi connectivity index (χ1n) is 28.6. The maximum absolute atomic E-state index is 12.8. The van der Waals surface area contributed by atoms with E-state index in [4.69, 9.17) is 14.2 Å². The van der Waals surface area contributed by atoms with Crippen LogP contribution in [0.1, 0.15) is 271 Å². The zero-order valence-electron chi connectivity index (χ0n) is 44.6. The topological polar surface area (TPSA) is 78.9 Å². The summed E-state index contributed by atoms with van der Waals surface area (Å²) in [6, 6.07) is 0. The van der Waals surface area contributed by atoms with Crippen molar-refractivity contribution in [3.63, 3.8) is 0 Å². The second-order valence-electron chi connectivity index (χ2n) is 18.8. The minimum absolute atomic E-state index is 0.104. The number of ether oxygens (including phenoxy) is 3. The van der Waals surface area contributed by atoms with Crippen molar-refractivity contribution >= 4 is 17.9 Å². The van der Waals surface area contributed by atoms with E-state index in [1.165, 1.54) is 135 Å². The highest BCUT2D eigenvalue weighted by Gasteiger charge is 2.19. The van der Waals surface area contributed by atoms with E-state index >= 15 is 0 Å². The zero-order chi connectivity index (χ0) is 49.3. The summed E-state index contributed by atoms with van der Waals surface area (Å²) in [5, 5.41) is 0. The summed E-state index contributed by atoms with van der Waals surface area (Å²) in [7, 11) is 0. The average Bonchev–Trinajstić information content (AvgIpc) is 3.34. The Morgan fingerprint density at radius 3 is 0.956 bits per heavy atom. The molecule has 68 heavy (non-hydrogen) atoms. The monoisotopic (exact) mass is 947 g/mol. The standard InChI is InChI=1S/C62H106O6/c1-4-7-10-13-16-19-22-25-28-30-31-33-34-37-40-43-46-49-52-55-61(64)67-58-59(57-66-60(63)54-51-48-45-42-39-36-27-24-21-18-15-12-9-6-3)68-62(65)56-53-50-47-44-41-38-35-32-29-26-23-20-17-14-11-8-5-2/h15,17-18,20,24-29,35,38,44,47,59H,4-14,16,19,21-23,30-34,36-37,39-43,45-46,48-58H2,1-3H3/b18-15+,20-17+,27-24+,28-25+,29-26+,38-35+,47-44+/t59-/m1/s1. The van der Waals surface area contributed by atoms with E-state index in [-0.39, 0.29) is 37.5 Å². The molecule has 0 aromatic rings. The summed E-state index contributed by atoms with van der Waals surface area (Å²) in [5.41, 5.74) is 0. The van der Waals surface area contributed by atoms with E-state index in [9.17, 15) is 14.4 Å². The van der Waals surface area contributed by atoms with Crippen molar-refractivity contribution in [1.82, 2.24) is 0 Å². The summed E-state index contributed by atoms with van der Waals surface area (Å²) >= 11 is 0. The number of hydrogen-bond donors (Lipinski definition) is 0. The van der Waals surface area contributed by atoms with Gasteiger partial charge in [-0.25, -0.2) is 0 Å². The first-order valence-corrected chi connectivity index (χ1v) is 28.6. The van der Waals surface area contributed by atoms with Crippen LogP contribution in [-0.2, 0) is 28.6 Å². The Morgan fingerprint density at radius 1 is 0.294 bits per heavy atom. The first-order chi connectivity index (χ1) is 33.5. The number of esters is 3. The van der Waals surface area contributed by atoms with E-state index in [1.807, 2.05) is 0 Å². The van der Waals surface area contributed by atoms with Gasteiger partial charge in [-0.3, -0.25) is 14.4 Å². The van der Waals surface area contributed by atoms with Crippen LogP contribution < -0.4 is 0 Å². The van der Waals surface area contributed by atoms with Gasteiger partial charge in [-0.15, -0.1) is 0 Å². The molecule has 0 saturated heterocycles. The maximum Gasteiger partial charge on any atom is 0.306 e. The minimum Gasteiger partial charge on any atom is -0.462 e. The lowest BCUT2D eigenvalue weighted by atomic mass is 10.1. The predicted molar refractivity (Wildman–Crippen MR) is 293 cm³/mol. The lowest BCUT2D eigenvalue weighted by Gasteiger charge is -2.18. The van der Waals surface area contributed by atoms with Crippen molar-refractivity contribution in [2.24, 2.45) is 0 Å². The van der Waals surface area contributed by atoms with Gasteiger partial charge in [0.15, 0.2) is 6.10 Å². The van der Waals surface area contributed by atoms with Crippen LogP contribution in [0.3, 0.4) is 0 Å². The second kappa shape index (κ2) is 56.2. The van der Waals surface area contributed by atoms with Gasteiger partial charge < -0.3 is 14.2 Å². The molecular formula is C62H106O6. The molecule has 0 radical (unpaired) electrons. The van der Waals surface area contributed by atoms with Gasteiger partial charge in [0.1, 0.15) is 13.2 Å². The van der Waals surface area contributed by atoms with Crippen LogP contribution in [0.15, 0.2) is 85.1 Å². The van der Waals surface area contributed by atoms with Crippen molar-refractivity contribution in [2.45, 2.75) is 277 Å². The summed E-state index contributed by atoms with van der Waals surface area (Å²) in [4.78, 5) is 38.1. The molecule has 1 atom stereocenters. The molecule has 0 N–H and O–H groups in total. The highest BCUT2D eigenvalue weighted by molar-refractivity contribution is 5.71. The van der Waals surface area contributed by atoms with E-state index in [0.29, 0.717) is 19.3 Å². The highest BCUT2D eigenvalue weighted by Crippen LogP contribution is 2.14. The van der Waals surface area contributed by atoms with Crippen molar-refractivity contribution in [2.75, 3.05) is 13.2 Å². The summed E-state index contributed by atoms with van der Waals surface area (Å²) in [5.74, 6) is -0.973. The van der Waals surface area contributed by atoms with Crippen molar-refractivity contribution in [3.8, 4) is 0 Å². The normalized spacial score (nSPS) is 12.7. The molecule has 0 fully saturated rings. The van der Waals surface area contributed by atoms with Crippen molar-refractivity contribution in [3.05, 3.63) is 85.1 Å². The molecule has 0 heterocycles. The number of allylic oxidation sites excluding steroid dienone is 14. The number of carbonyl (C=O) groups excluding carboxylic acids is 3. The van der Waals surface area contributed by atoms with Crippen molar-refractivity contribution < 1.29 is 28.6 Å². The first kappa shape index (κ1) is 64.6. The quantitative estimate of drug-likeness (QED) is 0.0262. The molecule has 0 saturated carbocycles. The third-order valence-corrected chi connectivity index (χ3v) is 12.1. The Balaban J connectivity index is 4.47. The fourth-order valence-electron chi connectivity index (χ4n) is 7.74. The van der Waals surface area contributed by atoms with E-state index < -0.39 is 6.10 Å². The largest absolute Gasteiger partial charge is 0.462 e. The number of unbranched alkanes of at least 4 members (excludes halogenated alkanes) is 26.